The van der Waals surface area contributed by atoms with E-state index in [9.17, 15) is 14.4 Å². The van der Waals surface area contributed by atoms with Crippen molar-refractivity contribution in [1.82, 2.24) is 10.2 Å². The third kappa shape index (κ3) is 3.15. The Hall–Kier alpha value is -2.67. The summed E-state index contributed by atoms with van der Waals surface area (Å²) in [5, 5.41) is 9.12. The summed E-state index contributed by atoms with van der Waals surface area (Å²) in [6, 6.07) is 6.95. The molecule has 1 aromatic heterocycles. The van der Waals surface area contributed by atoms with Crippen LogP contribution in [0.25, 0.3) is 0 Å². The summed E-state index contributed by atoms with van der Waals surface area (Å²) in [6.07, 6.45) is 0. The lowest BCUT2D eigenvalue weighted by molar-refractivity contribution is -0.133. The van der Waals surface area contributed by atoms with Gasteiger partial charge in [0.25, 0.3) is 5.91 Å². The predicted octanol–water partition coefficient (Wildman–Crippen LogP) is 2.77. The minimum Gasteiger partial charge on any atom is -0.324 e. The number of anilines is 1. The van der Waals surface area contributed by atoms with Crippen LogP contribution in [-0.4, -0.2) is 29.3 Å². The Balaban J connectivity index is 1.74. The number of amides is 4. The van der Waals surface area contributed by atoms with Gasteiger partial charge in [-0.3, -0.25) is 14.5 Å². The van der Waals surface area contributed by atoms with Crippen LogP contribution in [0.5, 0.6) is 0 Å². The number of nitrogens with zero attached hydrogens (tertiary/aromatic N) is 1. The third-order valence-electron chi connectivity index (χ3n) is 4.34. The zero-order valence-corrected chi connectivity index (χ0v) is 15.1. The van der Waals surface area contributed by atoms with Gasteiger partial charge in [-0.1, -0.05) is 12.1 Å². The van der Waals surface area contributed by atoms with Crippen molar-refractivity contribution >= 4 is 34.9 Å². The van der Waals surface area contributed by atoms with Crippen molar-refractivity contribution in [3.05, 3.63) is 51.7 Å². The Bertz CT molecular complexity index is 847. The number of thiophene rings is 1. The zero-order chi connectivity index (χ0) is 18.2. The molecule has 0 saturated carbocycles. The molecule has 3 rings (SSSR count). The largest absolute Gasteiger partial charge is 0.325 e. The number of hydrogen-bond acceptors (Lipinski definition) is 4. The third-order valence-corrected chi connectivity index (χ3v) is 5.03. The maximum atomic E-state index is 12.7. The molecular formula is C18H19N3O3S. The van der Waals surface area contributed by atoms with Gasteiger partial charge >= 0.3 is 6.03 Å². The quantitative estimate of drug-likeness (QED) is 0.826. The molecule has 130 valence electrons. The minimum absolute atomic E-state index is 0.322. The minimum atomic E-state index is -1.13. The Morgan fingerprint density at radius 3 is 2.72 bits per heavy atom. The monoisotopic (exact) mass is 357 g/mol. The van der Waals surface area contributed by atoms with E-state index in [1.165, 1.54) is 11.3 Å². The van der Waals surface area contributed by atoms with Gasteiger partial charge < -0.3 is 10.6 Å². The number of benzene rings is 1. The summed E-state index contributed by atoms with van der Waals surface area (Å²) in [5.74, 6) is -0.834. The molecule has 4 amide bonds. The van der Waals surface area contributed by atoms with E-state index in [4.69, 9.17) is 0 Å². The van der Waals surface area contributed by atoms with Crippen molar-refractivity contribution in [1.29, 1.82) is 0 Å². The van der Waals surface area contributed by atoms with E-state index in [1.54, 1.807) is 13.0 Å². The lowest BCUT2D eigenvalue weighted by atomic mass is 9.95. The van der Waals surface area contributed by atoms with Crippen LogP contribution in [-0.2, 0) is 15.1 Å². The molecular weight excluding hydrogens is 338 g/mol. The fourth-order valence-electron chi connectivity index (χ4n) is 2.79. The van der Waals surface area contributed by atoms with E-state index >= 15 is 0 Å². The number of hydrogen-bond donors (Lipinski definition) is 2. The molecule has 1 aromatic carbocycles. The summed E-state index contributed by atoms with van der Waals surface area (Å²) in [7, 11) is 0. The van der Waals surface area contributed by atoms with Crippen LogP contribution in [0.2, 0.25) is 0 Å². The highest BCUT2D eigenvalue weighted by Gasteiger charge is 2.49. The summed E-state index contributed by atoms with van der Waals surface area (Å²) in [4.78, 5) is 38.2. The highest BCUT2D eigenvalue weighted by Crippen LogP contribution is 2.30. The van der Waals surface area contributed by atoms with Crippen molar-refractivity contribution in [3.63, 3.8) is 0 Å². The SMILES string of the molecule is Cc1ccc(C)c(NC(=O)CN2C(=O)NC(C)(c3ccsc3)C2=O)c1. The van der Waals surface area contributed by atoms with Crippen LogP contribution in [0.4, 0.5) is 10.5 Å². The molecule has 2 aromatic rings. The predicted molar refractivity (Wildman–Crippen MR) is 96.5 cm³/mol. The van der Waals surface area contributed by atoms with E-state index < -0.39 is 23.4 Å². The first kappa shape index (κ1) is 17.2. The average molecular weight is 357 g/mol. The lowest BCUT2D eigenvalue weighted by Gasteiger charge is -2.20. The first-order chi connectivity index (χ1) is 11.8. The van der Waals surface area contributed by atoms with Crippen LogP contribution in [0.15, 0.2) is 35.0 Å². The van der Waals surface area contributed by atoms with Crippen LogP contribution < -0.4 is 10.6 Å². The van der Waals surface area contributed by atoms with Crippen LogP contribution in [0.1, 0.15) is 23.6 Å². The van der Waals surface area contributed by atoms with Gasteiger partial charge in [0.2, 0.25) is 5.91 Å². The number of nitrogens with one attached hydrogen (secondary N) is 2. The Morgan fingerprint density at radius 2 is 2.04 bits per heavy atom. The molecule has 0 radical (unpaired) electrons. The van der Waals surface area contributed by atoms with Gasteiger partial charge in [0.15, 0.2) is 0 Å². The van der Waals surface area contributed by atoms with Crippen molar-refractivity contribution in [2.75, 3.05) is 11.9 Å². The molecule has 2 heterocycles. The number of urea groups is 1. The van der Waals surface area contributed by atoms with Gasteiger partial charge in [-0.25, -0.2) is 4.79 Å². The van der Waals surface area contributed by atoms with Gasteiger partial charge in [0, 0.05) is 5.69 Å². The average Bonchev–Trinajstić information content (AvgIpc) is 3.16. The van der Waals surface area contributed by atoms with Gasteiger partial charge in [0.1, 0.15) is 12.1 Å². The molecule has 1 unspecified atom stereocenters. The Morgan fingerprint density at radius 1 is 1.28 bits per heavy atom. The van der Waals surface area contributed by atoms with E-state index in [1.807, 2.05) is 42.8 Å². The molecule has 1 atom stereocenters. The summed E-state index contributed by atoms with van der Waals surface area (Å²) >= 11 is 1.45. The molecule has 7 heteroatoms. The van der Waals surface area contributed by atoms with Crippen LogP contribution in [0.3, 0.4) is 0 Å². The van der Waals surface area contributed by atoms with Crippen molar-refractivity contribution < 1.29 is 14.4 Å². The molecule has 1 aliphatic heterocycles. The molecule has 0 bridgehead atoms. The fraction of sp³-hybridized carbons (Fsp3) is 0.278. The first-order valence-corrected chi connectivity index (χ1v) is 8.79. The lowest BCUT2D eigenvalue weighted by Crippen LogP contribution is -2.41. The van der Waals surface area contributed by atoms with Gasteiger partial charge in [0.05, 0.1) is 0 Å². The van der Waals surface area contributed by atoms with E-state index in [2.05, 4.69) is 10.6 Å². The zero-order valence-electron chi connectivity index (χ0n) is 14.3. The molecule has 25 heavy (non-hydrogen) atoms. The molecule has 1 aliphatic rings. The Labute approximate surface area is 149 Å². The second kappa shape index (κ2) is 6.33. The second-order valence-corrected chi connectivity index (χ2v) is 7.11. The first-order valence-electron chi connectivity index (χ1n) is 7.85. The second-order valence-electron chi connectivity index (χ2n) is 6.33. The smallest absolute Gasteiger partial charge is 0.324 e. The number of aryl methyl sites for hydroxylation is 2. The molecule has 1 fully saturated rings. The summed E-state index contributed by atoms with van der Waals surface area (Å²) in [6.45, 7) is 5.14. The molecule has 1 saturated heterocycles. The Kier molecular flexibility index (Phi) is 4.34. The molecule has 0 spiro atoms. The van der Waals surface area contributed by atoms with Crippen molar-refractivity contribution in [3.8, 4) is 0 Å². The number of imide groups is 1. The summed E-state index contributed by atoms with van der Waals surface area (Å²) in [5.41, 5.74) is 2.20. The van der Waals surface area contributed by atoms with Crippen molar-refractivity contribution in [2.45, 2.75) is 26.3 Å². The normalized spacial score (nSPS) is 19.9. The van der Waals surface area contributed by atoms with Crippen LogP contribution in [0, 0.1) is 13.8 Å². The van der Waals surface area contributed by atoms with Gasteiger partial charge in [-0.15, -0.1) is 0 Å². The van der Waals surface area contributed by atoms with Gasteiger partial charge in [-0.2, -0.15) is 11.3 Å². The number of rotatable bonds is 4. The number of carbonyl (C=O) groups excluding carboxylic acids is 3. The fourth-order valence-corrected chi connectivity index (χ4v) is 3.55. The van der Waals surface area contributed by atoms with Crippen molar-refractivity contribution in [2.24, 2.45) is 0 Å². The maximum absolute atomic E-state index is 12.7. The molecule has 6 nitrogen and oxygen atoms in total. The van der Waals surface area contributed by atoms with E-state index in [-0.39, 0.29) is 6.54 Å². The molecule has 0 aliphatic carbocycles. The van der Waals surface area contributed by atoms with Crippen LogP contribution >= 0.6 is 11.3 Å². The standard InChI is InChI=1S/C18H19N3O3S/c1-11-4-5-12(2)14(8-11)19-15(22)9-21-16(23)18(3,20-17(21)24)13-6-7-25-10-13/h4-8,10H,9H2,1-3H3,(H,19,22)(H,20,24). The topological polar surface area (TPSA) is 78.5 Å². The van der Waals surface area contributed by atoms with Gasteiger partial charge in [-0.05, 0) is 60.4 Å². The highest BCUT2D eigenvalue weighted by atomic mass is 32.1. The maximum Gasteiger partial charge on any atom is 0.325 e. The highest BCUT2D eigenvalue weighted by molar-refractivity contribution is 7.08. The van der Waals surface area contributed by atoms with E-state index in [0.29, 0.717) is 11.3 Å². The summed E-state index contributed by atoms with van der Waals surface area (Å²) < 4.78 is 0. The molecule has 2 N–H and O–H groups in total. The number of carbonyl (C=O) groups is 3. The van der Waals surface area contributed by atoms with E-state index in [0.717, 1.165) is 16.0 Å².